The molecular weight excluding hydrogens is 388 g/mol. The first-order chi connectivity index (χ1) is 13.4. The zero-order valence-electron chi connectivity index (χ0n) is 14.9. The van der Waals surface area contributed by atoms with Crippen LogP contribution in [0.3, 0.4) is 0 Å². The minimum atomic E-state index is -3.54. The molecule has 0 aromatic heterocycles. The second-order valence-corrected chi connectivity index (χ2v) is 8.19. The number of hydrogen-bond donors (Lipinski definition) is 0. The van der Waals surface area contributed by atoms with Crippen LogP contribution < -0.4 is 4.74 Å². The van der Waals surface area contributed by atoms with Gasteiger partial charge in [-0.15, -0.1) is 0 Å². The standard InChI is InChI=1S/C20H19F2NO4S/c21-20(22)27-19-6-2-1-5-16(19)9-12-18(24)15-7-10-17(11-8-15)28(25,26)23-13-3-4-14-23/h1-2,5-12,20H,3-4,13-14H2/b12-9+. The van der Waals surface area contributed by atoms with Crippen molar-refractivity contribution in [2.24, 2.45) is 0 Å². The summed E-state index contributed by atoms with van der Waals surface area (Å²) in [4.78, 5) is 12.5. The monoisotopic (exact) mass is 407 g/mol. The number of ether oxygens (including phenoxy) is 1. The van der Waals surface area contributed by atoms with Gasteiger partial charge in [0.15, 0.2) is 5.78 Å². The van der Waals surface area contributed by atoms with Crippen molar-refractivity contribution in [3.63, 3.8) is 0 Å². The lowest BCUT2D eigenvalue weighted by atomic mass is 10.1. The van der Waals surface area contributed by atoms with Gasteiger partial charge in [-0.25, -0.2) is 8.42 Å². The Morgan fingerprint density at radius 3 is 2.32 bits per heavy atom. The zero-order valence-corrected chi connectivity index (χ0v) is 15.7. The van der Waals surface area contributed by atoms with Crippen LogP contribution in [0.5, 0.6) is 5.75 Å². The second kappa shape index (κ2) is 8.62. The van der Waals surface area contributed by atoms with Gasteiger partial charge in [-0.1, -0.05) is 18.2 Å². The van der Waals surface area contributed by atoms with Crippen LogP contribution in [0, 0.1) is 0 Å². The number of ketones is 1. The van der Waals surface area contributed by atoms with Gasteiger partial charge in [0, 0.05) is 24.2 Å². The molecule has 0 bridgehead atoms. The fraction of sp³-hybridized carbons (Fsp3) is 0.250. The number of sulfonamides is 1. The summed E-state index contributed by atoms with van der Waals surface area (Å²) in [5.41, 5.74) is 0.633. The number of para-hydroxylation sites is 1. The van der Waals surface area contributed by atoms with E-state index >= 15 is 0 Å². The summed E-state index contributed by atoms with van der Waals surface area (Å²) in [6, 6.07) is 11.8. The van der Waals surface area contributed by atoms with E-state index in [9.17, 15) is 22.0 Å². The smallest absolute Gasteiger partial charge is 0.387 e. The van der Waals surface area contributed by atoms with E-state index in [0.29, 0.717) is 24.2 Å². The van der Waals surface area contributed by atoms with Crippen LogP contribution in [0.25, 0.3) is 6.08 Å². The third kappa shape index (κ3) is 4.63. The Hall–Kier alpha value is -2.58. The highest BCUT2D eigenvalue weighted by Crippen LogP contribution is 2.23. The number of allylic oxidation sites excluding steroid dienone is 1. The van der Waals surface area contributed by atoms with Gasteiger partial charge in [0.2, 0.25) is 10.0 Å². The van der Waals surface area contributed by atoms with Gasteiger partial charge in [-0.3, -0.25) is 4.79 Å². The van der Waals surface area contributed by atoms with Crippen LogP contribution in [0.1, 0.15) is 28.8 Å². The molecule has 5 nitrogen and oxygen atoms in total. The average molecular weight is 407 g/mol. The van der Waals surface area contributed by atoms with Crippen molar-refractivity contribution in [1.82, 2.24) is 4.31 Å². The maximum atomic E-state index is 12.5. The molecule has 0 amide bonds. The molecule has 0 radical (unpaired) electrons. The molecular formula is C20H19F2NO4S. The van der Waals surface area contributed by atoms with Crippen LogP contribution >= 0.6 is 0 Å². The molecule has 8 heteroatoms. The molecule has 1 aliphatic heterocycles. The molecule has 1 fully saturated rings. The van der Waals surface area contributed by atoms with Crippen molar-refractivity contribution in [2.45, 2.75) is 24.3 Å². The highest BCUT2D eigenvalue weighted by atomic mass is 32.2. The third-order valence-electron chi connectivity index (χ3n) is 4.39. The Morgan fingerprint density at radius 2 is 1.68 bits per heavy atom. The first kappa shape index (κ1) is 20.2. The highest BCUT2D eigenvalue weighted by molar-refractivity contribution is 7.89. The second-order valence-electron chi connectivity index (χ2n) is 6.25. The summed E-state index contributed by atoms with van der Waals surface area (Å²) in [6.45, 7) is -1.95. The first-order valence-electron chi connectivity index (χ1n) is 8.74. The van der Waals surface area contributed by atoms with E-state index in [1.807, 2.05) is 0 Å². The minimum Gasteiger partial charge on any atom is -0.434 e. The summed E-state index contributed by atoms with van der Waals surface area (Å²) in [6.07, 6.45) is 4.31. The van der Waals surface area contributed by atoms with Crippen LogP contribution in [0.15, 0.2) is 59.5 Å². The first-order valence-corrected chi connectivity index (χ1v) is 10.2. The van der Waals surface area contributed by atoms with Crippen LogP contribution in [-0.4, -0.2) is 38.2 Å². The molecule has 1 heterocycles. The molecule has 1 aliphatic rings. The zero-order chi connectivity index (χ0) is 20.1. The topological polar surface area (TPSA) is 63.7 Å². The fourth-order valence-corrected chi connectivity index (χ4v) is 4.47. The van der Waals surface area contributed by atoms with Crippen LogP contribution in [0.4, 0.5) is 8.78 Å². The molecule has 28 heavy (non-hydrogen) atoms. The lowest BCUT2D eigenvalue weighted by Gasteiger charge is -2.15. The summed E-state index contributed by atoms with van der Waals surface area (Å²) >= 11 is 0. The van der Waals surface area contributed by atoms with Gasteiger partial charge in [0.05, 0.1) is 4.90 Å². The molecule has 0 aliphatic carbocycles. The van der Waals surface area contributed by atoms with Gasteiger partial charge in [0.1, 0.15) is 5.75 Å². The van der Waals surface area contributed by atoms with Crippen molar-refractivity contribution in [3.8, 4) is 5.75 Å². The molecule has 3 rings (SSSR count). The molecule has 0 atom stereocenters. The van der Waals surface area contributed by atoms with E-state index in [-0.39, 0.29) is 16.4 Å². The number of carbonyl (C=O) groups is 1. The Bertz CT molecular complexity index is 966. The molecule has 148 valence electrons. The van der Waals surface area contributed by atoms with Crippen molar-refractivity contribution < 1.29 is 26.7 Å². The van der Waals surface area contributed by atoms with Crippen LogP contribution in [0.2, 0.25) is 0 Å². The van der Waals surface area contributed by atoms with E-state index in [4.69, 9.17) is 0 Å². The van der Waals surface area contributed by atoms with E-state index in [1.54, 1.807) is 18.2 Å². The van der Waals surface area contributed by atoms with Crippen molar-refractivity contribution in [3.05, 3.63) is 65.7 Å². The molecule has 2 aromatic rings. The number of alkyl halides is 2. The predicted octanol–water partition coefficient (Wildman–Crippen LogP) is 3.97. The summed E-state index contributed by atoms with van der Waals surface area (Å²) in [5, 5.41) is 0. The lowest BCUT2D eigenvalue weighted by molar-refractivity contribution is -0.0499. The SMILES string of the molecule is O=C(/C=C/c1ccccc1OC(F)F)c1ccc(S(=O)(=O)N2CCCC2)cc1. The van der Waals surface area contributed by atoms with E-state index in [0.717, 1.165) is 12.8 Å². The highest BCUT2D eigenvalue weighted by Gasteiger charge is 2.27. The number of carbonyl (C=O) groups excluding carboxylic acids is 1. The predicted molar refractivity (Wildman–Crippen MR) is 101 cm³/mol. The van der Waals surface area contributed by atoms with Gasteiger partial charge >= 0.3 is 6.61 Å². The molecule has 0 N–H and O–H groups in total. The largest absolute Gasteiger partial charge is 0.434 e. The van der Waals surface area contributed by atoms with Crippen LogP contribution in [-0.2, 0) is 10.0 Å². The maximum absolute atomic E-state index is 12.5. The summed E-state index contributed by atoms with van der Waals surface area (Å²) < 4.78 is 55.7. The Kier molecular flexibility index (Phi) is 6.21. The van der Waals surface area contributed by atoms with Crippen molar-refractivity contribution in [1.29, 1.82) is 0 Å². The van der Waals surface area contributed by atoms with Gasteiger partial charge in [0.25, 0.3) is 0 Å². The van der Waals surface area contributed by atoms with Crippen molar-refractivity contribution >= 4 is 21.9 Å². The molecule has 0 unspecified atom stereocenters. The van der Waals surface area contributed by atoms with E-state index in [2.05, 4.69) is 4.74 Å². The number of benzene rings is 2. The van der Waals surface area contributed by atoms with E-state index in [1.165, 1.54) is 46.8 Å². The quantitative estimate of drug-likeness (QED) is 0.515. The van der Waals surface area contributed by atoms with Gasteiger partial charge in [-0.05, 0) is 55.3 Å². The van der Waals surface area contributed by atoms with E-state index < -0.39 is 16.6 Å². The summed E-state index contributed by atoms with van der Waals surface area (Å²) in [7, 11) is -3.54. The molecule has 0 spiro atoms. The van der Waals surface area contributed by atoms with Gasteiger partial charge in [-0.2, -0.15) is 13.1 Å². The number of halogens is 2. The van der Waals surface area contributed by atoms with Crippen molar-refractivity contribution in [2.75, 3.05) is 13.1 Å². The number of nitrogens with zero attached hydrogens (tertiary/aromatic N) is 1. The lowest BCUT2D eigenvalue weighted by Crippen LogP contribution is -2.27. The molecule has 2 aromatic carbocycles. The number of hydrogen-bond acceptors (Lipinski definition) is 4. The average Bonchev–Trinajstić information content (AvgIpc) is 3.22. The normalized spacial score (nSPS) is 15.4. The Labute approximate surface area is 162 Å². The molecule has 0 saturated carbocycles. The fourth-order valence-electron chi connectivity index (χ4n) is 2.95. The molecule has 1 saturated heterocycles. The maximum Gasteiger partial charge on any atom is 0.387 e. The number of rotatable bonds is 7. The Balaban J connectivity index is 1.74. The summed E-state index contributed by atoms with van der Waals surface area (Å²) in [5.74, 6) is -0.412. The van der Waals surface area contributed by atoms with Gasteiger partial charge < -0.3 is 4.74 Å². The third-order valence-corrected chi connectivity index (χ3v) is 6.30. The Morgan fingerprint density at radius 1 is 1.04 bits per heavy atom. The minimum absolute atomic E-state index is 0.0337.